The Morgan fingerprint density at radius 1 is 1.39 bits per heavy atom. The van der Waals surface area contributed by atoms with Crippen molar-refractivity contribution in [2.24, 2.45) is 10.7 Å². The summed E-state index contributed by atoms with van der Waals surface area (Å²) in [6.45, 7) is 2.62. The second-order valence-corrected chi connectivity index (χ2v) is 6.63. The third-order valence-corrected chi connectivity index (χ3v) is 4.80. The van der Waals surface area contributed by atoms with Gasteiger partial charge in [-0.15, -0.1) is 0 Å². The molecule has 1 heterocycles. The topological polar surface area (TPSA) is 76.7 Å². The number of hydrogen-bond acceptors (Lipinski definition) is 4. The molecular formula is C18H25N3O2. The summed E-state index contributed by atoms with van der Waals surface area (Å²) in [5, 5.41) is 2.94. The van der Waals surface area contributed by atoms with Crippen LogP contribution in [0.15, 0.2) is 29.3 Å². The maximum Gasteiger partial charge on any atom is 0.282 e. The van der Waals surface area contributed by atoms with Gasteiger partial charge in [0.05, 0.1) is 6.04 Å². The van der Waals surface area contributed by atoms with Gasteiger partial charge in [-0.25, -0.2) is 4.99 Å². The normalized spacial score (nSPS) is 21.4. The summed E-state index contributed by atoms with van der Waals surface area (Å²) in [6, 6.07) is 8.86. The molecule has 1 aliphatic heterocycles. The van der Waals surface area contributed by atoms with Crippen molar-refractivity contribution >= 4 is 17.6 Å². The zero-order chi connectivity index (χ0) is 16.3. The monoisotopic (exact) mass is 315 g/mol. The van der Waals surface area contributed by atoms with Crippen molar-refractivity contribution in [1.82, 2.24) is 0 Å². The first-order valence-electron chi connectivity index (χ1n) is 8.48. The lowest BCUT2D eigenvalue weighted by Gasteiger charge is -2.17. The summed E-state index contributed by atoms with van der Waals surface area (Å²) in [4.78, 5) is 15.9. The van der Waals surface area contributed by atoms with E-state index in [4.69, 9.17) is 10.5 Å². The van der Waals surface area contributed by atoms with Crippen LogP contribution < -0.4 is 11.1 Å². The molecule has 5 nitrogen and oxygen atoms in total. The number of nitrogens with two attached hydrogens (primary N) is 1. The molecule has 0 aromatic heterocycles. The minimum atomic E-state index is 0.0815. The van der Waals surface area contributed by atoms with Crippen LogP contribution in [-0.4, -0.2) is 24.6 Å². The lowest BCUT2D eigenvalue weighted by Crippen LogP contribution is -2.14. The molecule has 0 bridgehead atoms. The molecule has 3 N–H and O–H groups in total. The molecule has 0 spiro atoms. The van der Waals surface area contributed by atoms with Crippen molar-refractivity contribution in [3.05, 3.63) is 29.8 Å². The first kappa shape index (κ1) is 15.8. The molecule has 1 aliphatic carbocycles. The van der Waals surface area contributed by atoms with Gasteiger partial charge in [0.15, 0.2) is 0 Å². The number of amides is 1. The second kappa shape index (κ2) is 6.60. The molecule has 0 radical (unpaired) electrons. The van der Waals surface area contributed by atoms with E-state index in [1.165, 1.54) is 18.4 Å². The standard InChI is InChI=1S/C18H25N3O2/c1-2-3-16(22)20-14-6-4-13(5-7-14)18(10-11-18)9-8-15-12-23-17(19)21-15/h4-7,15H,2-3,8-12H2,1H3,(H2,19,21)(H,20,22)/t15-/m0/s1. The fourth-order valence-corrected chi connectivity index (χ4v) is 3.22. The maximum atomic E-state index is 11.6. The molecule has 0 saturated heterocycles. The highest BCUT2D eigenvalue weighted by molar-refractivity contribution is 5.90. The molecule has 23 heavy (non-hydrogen) atoms. The first-order valence-corrected chi connectivity index (χ1v) is 8.48. The molecule has 1 fully saturated rings. The van der Waals surface area contributed by atoms with Crippen LogP contribution in [0.25, 0.3) is 0 Å². The van der Waals surface area contributed by atoms with Gasteiger partial charge in [-0.05, 0) is 55.2 Å². The van der Waals surface area contributed by atoms with Crippen molar-refractivity contribution in [3.63, 3.8) is 0 Å². The number of anilines is 1. The number of carbonyl (C=O) groups is 1. The minimum Gasteiger partial charge on any atom is -0.463 e. The average molecular weight is 315 g/mol. The molecule has 1 aromatic carbocycles. The summed E-state index contributed by atoms with van der Waals surface area (Å²) in [5.74, 6) is 0.0815. The van der Waals surface area contributed by atoms with Crippen LogP contribution in [0.3, 0.4) is 0 Å². The smallest absolute Gasteiger partial charge is 0.282 e. The fourth-order valence-electron chi connectivity index (χ4n) is 3.22. The Hall–Kier alpha value is -2.04. The highest BCUT2D eigenvalue weighted by atomic mass is 16.5. The molecule has 1 atom stereocenters. The summed E-state index contributed by atoms with van der Waals surface area (Å²) in [5.41, 5.74) is 8.09. The number of ether oxygens (including phenoxy) is 1. The van der Waals surface area contributed by atoms with Gasteiger partial charge in [0.1, 0.15) is 6.61 Å². The summed E-state index contributed by atoms with van der Waals surface area (Å²) in [7, 11) is 0. The highest BCUT2D eigenvalue weighted by Gasteiger charge is 2.44. The van der Waals surface area contributed by atoms with E-state index in [2.05, 4.69) is 22.4 Å². The van der Waals surface area contributed by atoms with Gasteiger partial charge in [0, 0.05) is 12.1 Å². The van der Waals surface area contributed by atoms with Crippen LogP contribution in [0, 0.1) is 0 Å². The van der Waals surface area contributed by atoms with Gasteiger partial charge in [-0.2, -0.15) is 0 Å². The van der Waals surface area contributed by atoms with Crippen molar-refractivity contribution < 1.29 is 9.53 Å². The molecule has 0 unspecified atom stereocenters. The van der Waals surface area contributed by atoms with E-state index in [-0.39, 0.29) is 11.9 Å². The molecule has 1 aromatic rings. The van der Waals surface area contributed by atoms with Gasteiger partial charge in [-0.1, -0.05) is 19.1 Å². The Morgan fingerprint density at radius 3 is 2.70 bits per heavy atom. The Balaban J connectivity index is 1.57. The van der Waals surface area contributed by atoms with Crippen molar-refractivity contribution in [2.45, 2.75) is 56.9 Å². The fraction of sp³-hybridized carbons (Fsp3) is 0.556. The Morgan fingerprint density at radius 2 is 2.13 bits per heavy atom. The SMILES string of the molecule is CCCC(=O)Nc1ccc(C2(CC[C@H]3COC(N)=N3)CC2)cc1. The number of hydrogen-bond donors (Lipinski definition) is 2. The predicted octanol–water partition coefficient (Wildman–Crippen LogP) is 2.95. The summed E-state index contributed by atoms with van der Waals surface area (Å²) in [6.07, 6.45) is 6.00. The van der Waals surface area contributed by atoms with Gasteiger partial charge >= 0.3 is 0 Å². The van der Waals surface area contributed by atoms with E-state index < -0.39 is 0 Å². The molecule has 1 saturated carbocycles. The van der Waals surface area contributed by atoms with E-state index in [9.17, 15) is 4.79 Å². The Kier molecular flexibility index (Phi) is 4.55. The summed E-state index contributed by atoms with van der Waals surface area (Å²) < 4.78 is 5.22. The predicted molar refractivity (Wildman–Crippen MR) is 91.5 cm³/mol. The second-order valence-electron chi connectivity index (χ2n) is 6.63. The summed E-state index contributed by atoms with van der Waals surface area (Å²) >= 11 is 0. The van der Waals surface area contributed by atoms with Gasteiger partial charge in [0.25, 0.3) is 6.02 Å². The van der Waals surface area contributed by atoms with Crippen LogP contribution >= 0.6 is 0 Å². The average Bonchev–Trinajstić information content (AvgIpc) is 3.21. The van der Waals surface area contributed by atoms with Gasteiger partial charge in [-0.3, -0.25) is 4.79 Å². The lowest BCUT2D eigenvalue weighted by molar-refractivity contribution is -0.116. The number of aliphatic imine (C=N–C) groups is 1. The number of benzene rings is 1. The molecule has 5 heteroatoms. The largest absolute Gasteiger partial charge is 0.463 e. The molecule has 1 amide bonds. The number of nitrogens with zero attached hydrogens (tertiary/aromatic N) is 1. The van der Waals surface area contributed by atoms with Crippen LogP contribution in [0.2, 0.25) is 0 Å². The van der Waals surface area contributed by atoms with Crippen LogP contribution in [0.5, 0.6) is 0 Å². The third kappa shape index (κ3) is 3.84. The molecular weight excluding hydrogens is 290 g/mol. The van der Waals surface area contributed by atoms with Crippen LogP contribution in [0.1, 0.15) is 51.0 Å². The molecule has 3 rings (SSSR count). The van der Waals surface area contributed by atoms with E-state index in [1.807, 2.05) is 19.1 Å². The van der Waals surface area contributed by atoms with E-state index in [0.29, 0.717) is 24.5 Å². The van der Waals surface area contributed by atoms with Crippen molar-refractivity contribution in [3.8, 4) is 0 Å². The van der Waals surface area contributed by atoms with E-state index in [1.54, 1.807) is 0 Å². The Bertz CT molecular complexity index is 591. The number of amidine groups is 1. The molecule has 124 valence electrons. The van der Waals surface area contributed by atoms with E-state index in [0.717, 1.165) is 24.9 Å². The van der Waals surface area contributed by atoms with E-state index >= 15 is 0 Å². The number of nitrogens with one attached hydrogen (secondary N) is 1. The van der Waals surface area contributed by atoms with Crippen molar-refractivity contribution in [1.29, 1.82) is 0 Å². The number of carbonyl (C=O) groups excluding carboxylic acids is 1. The molecule has 2 aliphatic rings. The zero-order valence-corrected chi connectivity index (χ0v) is 13.7. The van der Waals surface area contributed by atoms with Crippen molar-refractivity contribution in [2.75, 3.05) is 11.9 Å². The lowest BCUT2D eigenvalue weighted by atomic mass is 9.89. The maximum absolute atomic E-state index is 11.6. The highest BCUT2D eigenvalue weighted by Crippen LogP contribution is 2.52. The first-order chi connectivity index (χ1) is 11.1. The van der Waals surface area contributed by atoms with Crippen LogP contribution in [-0.2, 0) is 14.9 Å². The van der Waals surface area contributed by atoms with Gasteiger partial charge in [0.2, 0.25) is 5.91 Å². The quantitative estimate of drug-likeness (QED) is 0.812. The number of rotatable bonds is 7. The Labute approximate surface area is 137 Å². The van der Waals surface area contributed by atoms with Gasteiger partial charge < -0.3 is 15.8 Å². The zero-order valence-electron chi connectivity index (χ0n) is 13.7. The van der Waals surface area contributed by atoms with Crippen LogP contribution in [0.4, 0.5) is 5.69 Å². The third-order valence-electron chi connectivity index (χ3n) is 4.80. The minimum absolute atomic E-state index is 0.0815.